The highest BCUT2D eigenvalue weighted by Crippen LogP contribution is 2.40. The lowest BCUT2D eigenvalue weighted by molar-refractivity contribution is 0.668. The van der Waals surface area contributed by atoms with Crippen LogP contribution in [-0.2, 0) is 0 Å². The molecule has 0 spiro atoms. The Labute approximate surface area is 240 Å². The second-order valence-corrected chi connectivity index (χ2v) is 10.4. The van der Waals surface area contributed by atoms with Crippen LogP contribution in [0.15, 0.2) is 130 Å². The molecule has 42 heavy (non-hydrogen) atoms. The van der Waals surface area contributed by atoms with E-state index >= 15 is 0 Å². The molecule has 0 saturated heterocycles. The number of para-hydroxylation sites is 1. The summed E-state index contributed by atoms with van der Waals surface area (Å²) < 4.78 is 12.2. The van der Waals surface area contributed by atoms with Crippen molar-refractivity contribution in [1.82, 2.24) is 0 Å². The van der Waals surface area contributed by atoms with Crippen LogP contribution in [0.4, 0.5) is 0 Å². The number of rotatable bonds is 3. The van der Waals surface area contributed by atoms with Crippen molar-refractivity contribution in [3.63, 3.8) is 0 Å². The molecule has 6 aromatic carbocycles. The Bertz CT molecular complexity index is 2450. The molecule has 0 radical (unpaired) electrons. The summed E-state index contributed by atoms with van der Waals surface area (Å²) in [6, 6.07) is 44.7. The van der Waals surface area contributed by atoms with Crippen molar-refractivity contribution < 1.29 is 8.83 Å². The number of furan rings is 2. The first-order valence-corrected chi connectivity index (χ1v) is 13.6. The molecule has 0 fully saturated rings. The molecule has 0 aliphatic carbocycles. The van der Waals surface area contributed by atoms with Gasteiger partial charge in [-0.2, -0.15) is 10.5 Å². The average Bonchev–Trinajstić information content (AvgIpc) is 3.61. The van der Waals surface area contributed by atoms with Gasteiger partial charge in [0.15, 0.2) is 0 Å². The summed E-state index contributed by atoms with van der Waals surface area (Å²) in [5.41, 5.74) is 10.3. The van der Waals surface area contributed by atoms with Gasteiger partial charge in [0, 0.05) is 27.1 Å². The fraction of sp³-hybridized carbons (Fsp3) is 0. The number of hydrogen-bond donors (Lipinski definition) is 0. The third-order valence-corrected chi connectivity index (χ3v) is 7.98. The molecule has 194 valence electrons. The summed E-state index contributed by atoms with van der Waals surface area (Å²) in [6.45, 7) is 0. The molecule has 8 rings (SSSR count). The van der Waals surface area contributed by atoms with Crippen LogP contribution in [0.3, 0.4) is 0 Å². The van der Waals surface area contributed by atoms with Gasteiger partial charge in [-0.1, -0.05) is 60.7 Å². The minimum atomic E-state index is 0.594. The zero-order valence-corrected chi connectivity index (χ0v) is 22.3. The van der Waals surface area contributed by atoms with Crippen LogP contribution in [0.1, 0.15) is 11.1 Å². The third kappa shape index (κ3) is 3.68. The van der Waals surface area contributed by atoms with Crippen LogP contribution in [0.5, 0.6) is 0 Å². The second-order valence-electron chi connectivity index (χ2n) is 10.4. The number of fused-ring (bicyclic) bond motifs is 6. The van der Waals surface area contributed by atoms with Crippen molar-refractivity contribution in [2.24, 2.45) is 0 Å². The first-order chi connectivity index (χ1) is 20.7. The SMILES string of the molecule is N#Cc1ccc2oc3ccc(-c4ccc(-c5ccc6c(c5)oc5ccccc56)c(-c5ccccc5C#N)c4)cc3c2c1. The molecule has 2 aromatic heterocycles. The first-order valence-electron chi connectivity index (χ1n) is 13.6. The van der Waals surface area contributed by atoms with Crippen LogP contribution in [0, 0.1) is 22.7 Å². The van der Waals surface area contributed by atoms with Gasteiger partial charge in [-0.3, -0.25) is 0 Å². The van der Waals surface area contributed by atoms with E-state index in [0.29, 0.717) is 11.1 Å². The van der Waals surface area contributed by atoms with Crippen molar-refractivity contribution in [3.8, 4) is 45.5 Å². The Balaban J connectivity index is 1.34. The predicted octanol–water partition coefficient (Wildman–Crippen LogP) is 10.2. The van der Waals surface area contributed by atoms with E-state index in [2.05, 4.69) is 60.7 Å². The Morgan fingerprint density at radius 3 is 1.95 bits per heavy atom. The normalized spacial score (nSPS) is 11.3. The fourth-order valence-corrected chi connectivity index (χ4v) is 5.93. The fourth-order valence-electron chi connectivity index (χ4n) is 5.93. The molecule has 0 unspecified atom stereocenters. The second kappa shape index (κ2) is 9.24. The lowest BCUT2D eigenvalue weighted by Crippen LogP contribution is -1.90. The third-order valence-electron chi connectivity index (χ3n) is 7.98. The highest BCUT2D eigenvalue weighted by molar-refractivity contribution is 6.08. The summed E-state index contributed by atoms with van der Waals surface area (Å²) in [5, 5.41) is 23.5. The molecule has 0 amide bonds. The molecule has 4 heteroatoms. The van der Waals surface area contributed by atoms with Crippen molar-refractivity contribution in [1.29, 1.82) is 10.5 Å². The van der Waals surface area contributed by atoms with Crippen LogP contribution >= 0.6 is 0 Å². The van der Waals surface area contributed by atoms with E-state index in [1.165, 1.54) is 0 Å². The van der Waals surface area contributed by atoms with Crippen LogP contribution < -0.4 is 0 Å². The van der Waals surface area contributed by atoms with Crippen LogP contribution in [0.2, 0.25) is 0 Å². The highest BCUT2D eigenvalue weighted by atomic mass is 16.3. The van der Waals surface area contributed by atoms with Gasteiger partial charge >= 0.3 is 0 Å². The van der Waals surface area contributed by atoms with E-state index in [1.807, 2.05) is 66.7 Å². The molecule has 0 aliphatic rings. The van der Waals surface area contributed by atoms with E-state index in [-0.39, 0.29) is 0 Å². The predicted molar refractivity (Wildman–Crippen MR) is 167 cm³/mol. The highest BCUT2D eigenvalue weighted by Gasteiger charge is 2.16. The van der Waals surface area contributed by atoms with Gasteiger partial charge in [-0.25, -0.2) is 0 Å². The minimum Gasteiger partial charge on any atom is -0.456 e. The Hall–Kier alpha value is -6.10. The topological polar surface area (TPSA) is 73.9 Å². The number of benzene rings is 6. The van der Waals surface area contributed by atoms with Crippen molar-refractivity contribution >= 4 is 43.9 Å². The van der Waals surface area contributed by atoms with Gasteiger partial charge in [0.2, 0.25) is 0 Å². The maximum Gasteiger partial charge on any atom is 0.136 e. The Kier molecular flexibility index (Phi) is 5.22. The lowest BCUT2D eigenvalue weighted by atomic mass is 9.89. The molecule has 0 atom stereocenters. The van der Waals surface area contributed by atoms with E-state index in [4.69, 9.17) is 8.83 Å². The molecule has 0 saturated carbocycles. The molecular formula is C38H20N2O2. The minimum absolute atomic E-state index is 0.594. The van der Waals surface area contributed by atoms with E-state index in [0.717, 1.165) is 77.3 Å². The van der Waals surface area contributed by atoms with Crippen molar-refractivity contribution in [2.45, 2.75) is 0 Å². The zero-order chi connectivity index (χ0) is 28.2. The molecule has 8 aromatic rings. The summed E-state index contributed by atoms with van der Waals surface area (Å²) in [7, 11) is 0. The van der Waals surface area contributed by atoms with Crippen LogP contribution in [-0.4, -0.2) is 0 Å². The van der Waals surface area contributed by atoms with Gasteiger partial charge in [0.05, 0.1) is 23.3 Å². The number of hydrogen-bond acceptors (Lipinski definition) is 4. The summed E-state index contributed by atoms with van der Waals surface area (Å²) in [5.74, 6) is 0. The largest absolute Gasteiger partial charge is 0.456 e. The molecule has 4 nitrogen and oxygen atoms in total. The smallest absolute Gasteiger partial charge is 0.136 e. The van der Waals surface area contributed by atoms with Gasteiger partial charge in [0.1, 0.15) is 22.3 Å². The zero-order valence-electron chi connectivity index (χ0n) is 22.3. The molecule has 0 N–H and O–H groups in total. The van der Waals surface area contributed by atoms with E-state index in [9.17, 15) is 10.5 Å². The Morgan fingerprint density at radius 2 is 1.07 bits per heavy atom. The van der Waals surface area contributed by atoms with Gasteiger partial charge < -0.3 is 8.83 Å². The molecule has 0 aliphatic heterocycles. The first kappa shape index (κ1) is 23.8. The van der Waals surface area contributed by atoms with Gasteiger partial charge in [0.25, 0.3) is 0 Å². The van der Waals surface area contributed by atoms with Gasteiger partial charge in [-0.15, -0.1) is 0 Å². The molecular weight excluding hydrogens is 516 g/mol. The summed E-state index contributed by atoms with van der Waals surface area (Å²) >= 11 is 0. The van der Waals surface area contributed by atoms with E-state index in [1.54, 1.807) is 6.07 Å². The van der Waals surface area contributed by atoms with Gasteiger partial charge in [-0.05, 0) is 88.5 Å². The number of nitrogens with zero attached hydrogens (tertiary/aromatic N) is 2. The van der Waals surface area contributed by atoms with Crippen LogP contribution in [0.25, 0.3) is 77.3 Å². The summed E-state index contributed by atoms with van der Waals surface area (Å²) in [6.07, 6.45) is 0. The standard InChI is InChI=1S/C38H20N2O2/c39-21-23-9-15-36-33(17-23)34-19-25(12-16-37(34)41-36)24-10-13-29(32(18-24)28-6-2-1-5-27(28)22-40)26-11-14-31-30-7-3-4-8-35(30)42-38(31)20-26/h1-20H. The monoisotopic (exact) mass is 536 g/mol. The number of nitriles is 2. The molecule has 0 bridgehead atoms. The van der Waals surface area contributed by atoms with Crippen molar-refractivity contribution in [2.75, 3.05) is 0 Å². The van der Waals surface area contributed by atoms with Crippen molar-refractivity contribution in [3.05, 3.63) is 132 Å². The Morgan fingerprint density at radius 1 is 0.405 bits per heavy atom. The summed E-state index contributed by atoms with van der Waals surface area (Å²) in [4.78, 5) is 0. The average molecular weight is 537 g/mol. The maximum atomic E-state index is 9.99. The maximum absolute atomic E-state index is 9.99. The lowest BCUT2D eigenvalue weighted by Gasteiger charge is -2.14. The quantitative estimate of drug-likeness (QED) is 0.225. The molecule has 2 heterocycles. The van der Waals surface area contributed by atoms with E-state index < -0.39 is 0 Å².